The molecule has 0 unspecified atom stereocenters. The number of benzene rings is 2. The van der Waals surface area contributed by atoms with Gasteiger partial charge in [0, 0.05) is 39.3 Å². The smallest absolute Gasteiger partial charge is 0.315 e. The lowest BCUT2D eigenvalue weighted by molar-refractivity contribution is 0.0644. The van der Waals surface area contributed by atoms with Crippen molar-refractivity contribution in [3.8, 4) is 0 Å². The molecule has 32 heavy (non-hydrogen) atoms. The van der Waals surface area contributed by atoms with Crippen LogP contribution in [0.25, 0.3) is 0 Å². The van der Waals surface area contributed by atoms with Gasteiger partial charge in [-0.2, -0.15) is 0 Å². The highest BCUT2D eigenvalue weighted by Gasteiger charge is 2.22. The minimum atomic E-state index is -0.204. The summed E-state index contributed by atoms with van der Waals surface area (Å²) >= 11 is 1.48. The summed E-state index contributed by atoms with van der Waals surface area (Å²) in [6.45, 7) is 4.38. The molecule has 0 radical (unpaired) electrons. The van der Waals surface area contributed by atoms with Crippen LogP contribution in [-0.2, 0) is 0 Å². The number of rotatable bonds is 7. The molecule has 0 saturated carbocycles. The van der Waals surface area contributed by atoms with Gasteiger partial charge in [-0.15, -0.1) is 11.3 Å². The first-order valence-electron chi connectivity index (χ1n) is 10.9. The van der Waals surface area contributed by atoms with Crippen LogP contribution in [0.3, 0.4) is 0 Å². The van der Waals surface area contributed by atoms with Crippen molar-refractivity contribution in [2.75, 3.05) is 39.3 Å². The van der Waals surface area contributed by atoms with Crippen LogP contribution < -0.4 is 10.6 Å². The second-order valence-corrected chi connectivity index (χ2v) is 8.71. The number of urea groups is 1. The molecule has 7 heteroatoms. The molecule has 1 fully saturated rings. The standard InChI is InChI=1S/C25H28N4O2S/c30-24(22-12-7-19-32-22)29-17-15-28(16-18-29)14-13-26-25(31)27-23(20-8-3-1-4-9-20)21-10-5-2-6-11-21/h1-12,19,23H,13-18H2,(H2,26,27,31). The molecule has 1 aromatic heterocycles. The van der Waals surface area contributed by atoms with Gasteiger partial charge in [0.05, 0.1) is 10.9 Å². The van der Waals surface area contributed by atoms with Crippen molar-refractivity contribution < 1.29 is 9.59 Å². The summed E-state index contributed by atoms with van der Waals surface area (Å²) in [6.07, 6.45) is 0. The Labute approximate surface area is 192 Å². The molecule has 0 spiro atoms. The zero-order chi connectivity index (χ0) is 22.2. The van der Waals surface area contributed by atoms with Crippen molar-refractivity contribution in [2.24, 2.45) is 0 Å². The molecule has 0 atom stereocenters. The van der Waals surface area contributed by atoms with Crippen LogP contribution in [0.4, 0.5) is 4.79 Å². The summed E-state index contributed by atoms with van der Waals surface area (Å²) in [4.78, 5) is 30.1. The lowest BCUT2D eigenvalue weighted by atomic mass is 9.99. The number of thiophene rings is 1. The molecule has 2 N–H and O–H groups in total. The molecule has 1 aliphatic heterocycles. The maximum absolute atomic E-state index is 12.6. The molecule has 1 aliphatic rings. The highest BCUT2D eigenvalue weighted by molar-refractivity contribution is 7.12. The van der Waals surface area contributed by atoms with Gasteiger partial charge >= 0.3 is 6.03 Å². The van der Waals surface area contributed by atoms with E-state index in [0.717, 1.165) is 35.6 Å². The van der Waals surface area contributed by atoms with Crippen molar-refractivity contribution in [3.63, 3.8) is 0 Å². The van der Waals surface area contributed by atoms with Crippen LogP contribution in [0.5, 0.6) is 0 Å². The third-order valence-electron chi connectivity index (χ3n) is 5.65. The fraction of sp³-hybridized carbons (Fsp3) is 0.280. The maximum Gasteiger partial charge on any atom is 0.315 e. The van der Waals surface area contributed by atoms with E-state index < -0.39 is 0 Å². The second-order valence-electron chi connectivity index (χ2n) is 7.77. The van der Waals surface area contributed by atoms with Gasteiger partial charge in [0.2, 0.25) is 0 Å². The molecule has 166 valence electrons. The largest absolute Gasteiger partial charge is 0.337 e. The zero-order valence-corrected chi connectivity index (χ0v) is 18.8. The van der Waals surface area contributed by atoms with Crippen LogP contribution in [0.15, 0.2) is 78.2 Å². The number of nitrogens with one attached hydrogen (secondary N) is 2. The van der Waals surface area contributed by atoms with Crippen molar-refractivity contribution in [2.45, 2.75) is 6.04 Å². The van der Waals surface area contributed by atoms with E-state index in [-0.39, 0.29) is 18.0 Å². The van der Waals surface area contributed by atoms with Gasteiger partial charge in [-0.1, -0.05) is 66.7 Å². The Morgan fingerprint density at radius 2 is 1.47 bits per heavy atom. The summed E-state index contributed by atoms with van der Waals surface area (Å²) in [5.74, 6) is 0.116. The van der Waals surface area contributed by atoms with Crippen LogP contribution in [0, 0.1) is 0 Å². The Morgan fingerprint density at radius 1 is 0.844 bits per heavy atom. The van der Waals surface area contributed by atoms with Gasteiger partial charge in [-0.05, 0) is 22.6 Å². The lowest BCUT2D eigenvalue weighted by Crippen LogP contribution is -2.50. The van der Waals surface area contributed by atoms with Gasteiger partial charge in [-0.25, -0.2) is 4.79 Å². The van der Waals surface area contributed by atoms with Gasteiger partial charge in [0.25, 0.3) is 5.91 Å². The van der Waals surface area contributed by atoms with Crippen molar-refractivity contribution in [1.82, 2.24) is 20.4 Å². The van der Waals surface area contributed by atoms with Crippen LogP contribution in [0.2, 0.25) is 0 Å². The van der Waals surface area contributed by atoms with Gasteiger partial charge < -0.3 is 15.5 Å². The zero-order valence-electron chi connectivity index (χ0n) is 17.9. The fourth-order valence-corrected chi connectivity index (χ4v) is 4.58. The van der Waals surface area contributed by atoms with E-state index in [4.69, 9.17) is 0 Å². The molecule has 3 aromatic rings. The Kier molecular flexibility index (Phi) is 7.53. The Hall–Kier alpha value is -3.16. The average Bonchev–Trinajstić information content (AvgIpc) is 3.39. The van der Waals surface area contributed by atoms with E-state index >= 15 is 0 Å². The third-order valence-corrected chi connectivity index (χ3v) is 6.50. The molecule has 2 heterocycles. The van der Waals surface area contributed by atoms with E-state index in [1.807, 2.05) is 83.1 Å². The van der Waals surface area contributed by atoms with Crippen LogP contribution >= 0.6 is 11.3 Å². The quantitative estimate of drug-likeness (QED) is 0.581. The molecule has 0 bridgehead atoms. The number of hydrogen-bond acceptors (Lipinski definition) is 4. The minimum Gasteiger partial charge on any atom is -0.337 e. The third kappa shape index (κ3) is 5.75. The molecule has 4 rings (SSSR count). The van der Waals surface area contributed by atoms with E-state index in [1.54, 1.807) is 0 Å². The molecule has 6 nitrogen and oxygen atoms in total. The number of piperazine rings is 1. The van der Waals surface area contributed by atoms with E-state index in [1.165, 1.54) is 11.3 Å². The van der Waals surface area contributed by atoms with Crippen molar-refractivity contribution in [3.05, 3.63) is 94.2 Å². The van der Waals surface area contributed by atoms with Crippen LogP contribution in [0.1, 0.15) is 26.8 Å². The Morgan fingerprint density at radius 3 is 2.03 bits per heavy atom. The normalized spacial score (nSPS) is 14.3. The highest BCUT2D eigenvalue weighted by Crippen LogP contribution is 2.21. The first kappa shape index (κ1) is 22.0. The topological polar surface area (TPSA) is 64.7 Å². The van der Waals surface area contributed by atoms with Crippen molar-refractivity contribution in [1.29, 1.82) is 0 Å². The monoisotopic (exact) mass is 448 g/mol. The van der Waals surface area contributed by atoms with E-state index in [2.05, 4.69) is 15.5 Å². The lowest BCUT2D eigenvalue weighted by Gasteiger charge is -2.34. The number of carbonyl (C=O) groups is 2. The molecular formula is C25H28N4O2S. The first-order valence-corrected chi connectivity index (χ1v) is 11.8. The first-order chi connectivity index (χ1) is 15.7. The predicted molar refractivity (Wildman–Crippen MR) is 128 cm³/mol. The average molecular weight is 449 g/mol. The van der Waals surface area contributed by atoms with Crippen LogP contribution in [-0.4, -0.2) is 61.0 Å². The number of carbonyl (C=O) groups excluding carboxylic acids is 2. The highest BCUT2D eigenvalue weighted by atomic mass is 32.1. The number of hydrogen-bond donors (Lipinski definition) is 2. The van der Waals surface area contributed by atoms with Gasteiger partial charge in [0.15, 0.2) is 0 Å². The van der Waals surface area contributed by atoms with Gasteiger partial charge in [0.1, 0.15) is 0 Å². The predicted octanol–water partition coefficient (Wildman–Crippen LogP) is 3.59. The number of nitrogens with zero attached hydrogens (tertiary/aromatic N) is 2. The van der Waals surface area contributed by atoms with E-state index in [0.29, 0.717) is 19.6 Å². The Bertz CT molecular complexity index is 948. The summed E-state index contributed by atoms with van der Waals surface area (Å²) in [6, 6.07) is 23.3. The SMILES string of the molecule is O=C(NCCN1CCN(C(=O)c2cccs2)CC1)NC(c1ccccc1)c1ccccc1. The molecule has 2 aromatic carbocycles. The summed E-state index contributed by atoms with van der Waals surface area (Å²) < 4.78 is 0. The summed E-state index contributed by atoms with van der Waals surface area (Å²) in [5.41, 5.74) is 2.08. The Balaban J connectivity index is 1.24. The molecule has 1 saturated heterocycles. The minimum absolute atomic E-state index is 0.116. The van der Waals surface area contributed by atoms with Crippen molar-refractivity contribution >= 4 is 23.3 Å². The fourth-order valence-electron chi connectivity index (χ4n) is 3.89. The molecule has 3 amide bonds. The second kappa shape index (κ2) is 10.9. The number of amides is 3. The summed E-state index contributed by atoms with van der Waals surface area (Å²) in [7, 11) is 0. The molecule has 0 aliphatic carbocycles. The van der Waals surface area contributed by atoms with E-state index in [9.17, 15) is 9.59 Å². The summed E-state index contributed by atoms with van der Waals surface area (Å²) in [5, 5.41) is 8.02. The maximum atomic E-state index is 12.6. The molecular weight excluding hydrogens is 420 g/mol. The van der Waals surface area contributed by atoms with Gasteiger partial charge in [-0.3, -0.25) is 9.69 Å².